The van der Waals surface area contributed by atoms with Gasteiger partial charge in [-0.2, -0.15) is 0 Å². The van der Waals surface area contributed by atoms with E-state index < -0.39 is 61.2 Å². The number of hydrogen-bond donors (Lipinski definition) is 9. The topological polar surface area (TPSA) is 304 Å². The quantitative estimate of drug-likeness (QED) is 0.0414. The van der Waals surface area contributed by atoms with Crippen LogP contribution in [0.2, 0.25) is 0 Å². The Hall–Kier alpha value is -7.68. The van der Waals surface area contributed by atoms with E-state index in [1.807, 2.05) is 27.7 Å². The van der Waals surface area contributed by atoms with Crippen LogP contribution in [0.5, 0.6) is 23.0 Å². The molecule has 2 heterocycles. The predicted molar refractivity (Wildman–Crippen MR) is 260 cm³/mol. The summed E-state index contributed by atoms with van der Waals surface area (Å²) in [6, 6.07) is 29.0. The van der Waals surface area contributed by atoms with Gasteiger partial charge in [0.05, 0.1) is 30.6 Å². The molecule has 0 spiro atoms. The minimum atomic E-state index is -1.24. The van der Waals surface area contributed by atoms with Crippen molar-refractivity contribution in [2.24, 2.45) is 29.0 Å². The lowest BCUT2D eigenvalue weighted by molar-refractivity contribution is -0.120. The highest BCUT2D eigenvalue weighted by molar-refractivity contribution is 5.96. The van der Waals surface area contributed by atoms with Crippen molar-refractivity contribution < 1.29 is 63.0 Å². The molecule has 0 saturated carbocycles. The largest absolute Gasteiger partial charge is 0.477 e. The van der Waals surface area contributed by atoms with Crippen molar-refractivity contribution in [1.29, 1.82) is 0 Å². The summed E-state index contributed by atoms with van der Waals surface area (Å²) < 4.78 is 37.3. The first kappa shape index (κ1) is 55.9. The van der Waals surface area contributed by atoms with Gasteiger partial charge < -0.3 is 57.5 Å². The smallest absolute Gasteiger partial charge is 0.354 e. The first-order valence-electron chi connectivity index (χ1n) is 22.2. The molecule has 376 valence electrons. The van der Waals surface area contributed by atoms with Crippen LogP contribution in [-0.4, -0.2) is 84.5 Å². The fourth-order valence-corrected chi connectivity index (χ4v) is 6.46. The van der Waals surface area contributed by atoms with E-state index in [-0.39, 0.29) is 40.1 Å². The summed E-state index contributed by atoms with van der Waals surface area (Å²) in [7, 11) is 0. The lowest BCUT2D eigenvalue weighted by Crippen LogP contribution is -2.45. The molecule has 0 aliphatic rings. The second-order valence-corrected chi connectivity index (χ2v) is 16.9. The number of aromatic nitrogens is 2. The highest BCUT2D eigenvalue weighted by atomic mass is 19.1. The first-order valence-corrected chi connectivity index (χ1v) is 22.2. The summed E-state index contributed by atoms with van der Waals surface area (Å²) in [6.45, 7) is 6.73. The van der Waals surface area contributed by atoms with E-state index >= 15 is 0 Å². The lowest BCUT2D eigenvalue weighted by Gasteiger charge is -2.18. The number of aliphatic hydroxyl groups excluding tert-OH is 4. The molecule has 2 aromatic heterocycles. The second kappa shape index (κ2) is 26.9. The molecule has 0 saturated heterocycles. The maximum Gasteiger partial charge on any atom is 0.354 e. The number of nitrogens with zero attached hydrogens (tertiary/aromatic N) is 2. The molecule has 4 aromatic carbocycles. The average Bonchev–Trinajstić information content (AvgIpc) is 3.34. The number of nitrogens with two attached hydrogens (primary N) is 3. The highest BCUT2D eigenvalue weighted by Gasteiger charge is 2.23. The minimum absolute atomic E-state index is 0.0355. The van der Waals surface area contributed by atoms with Gasteiger partial charge in [-0.1, -0.05) is 27.7 Å². The van der Waals surface area contributed by atoms with Gasteiger partial charge in [-0.05, 0) is 157 Å². The normalized spacial score (nSPS) is 12.5. The number of carbonyl (C=O) groups excluding carboxylic acids is 3. The van der Waals surface area contributed by atoms with Crippen LogP contribution in [0.15, 0.2) is 121 Å². The molecule has 71 heavy (non-hydrogen) atoms. The monoisotopic (exact) mass is 980 g/mol. The van der Waals surface area contributed by atoms with E-state index in [1.54, 1.807) is 54.6 Å². The molecule has 17 nitrogen and oxygen atoms in total. The molecule has 0 unspecified atom stereocenters. The summed E-state index contributed by atoms with van der Waals surface area (Å²) in [5, 5.41) is 50.4. The van der Waals surface area contributed by atoms with Crippen molar-refractivity contribution in [3.05, 3.63) is 155 Å². The average molecular weight is 981 g/mol. The molecule has 0 aliphatic carbocycles. The molecule has 6 aromatic rings. The van der Waals surface area contributed by atoms with Crippen LogP contribution in [-0.2, 0) is 9.59 Å². The van der Waals surface area contributed by atoms with Crippen LogP contribution in [0.3, 0.4) is 0 Å². The van der Waals surface area contributed by atoms with Crippen LogP contribution < -0.4 is 32.0 Å². The van der Waals surface area contributed by atoms with E-state index in [4.69, 9.17) is 31.8 Å². The van der Waals surface area contributed by atoms with Gasteiger partial charge in [0.25, 0.3) is 5.91 Å². The van der Waals surface area contributed by atoms with Crippen molar-refractivity contribution in [3.8, 4) is 45.5 Å². The number of ether oxygens (including phenoxy) is 2. The zero-order chi connectivity index (χ0) is 52.4. The number of amides is 3. The van der Waals surface area contributed by atoms with Gasteiger partial charge in [0.15, 0.2) is 0 Å². The first-order chi connectivity index (χ1) is 33.6. The van der Waals surface area contributed by atoms with E-state index in [2.05, 4.69) is 15.3 Å². The number of rotatable bonds is 19. The van der Waals surface area contributed by atoms with E-state index in [0.717, 1.165) is 0 Å². The third-order valence-corrected chi connectivity index (χ3v) is 10.1. The molecule has 6 rings (SSSR count). The van der Waals surface area contributed by atoms with Gasteiger partial charge >= 0.3 is 5.97 Å². The van der Waals surface area contributed by atoms with E-state index in [9.17, 15) is 48.4 Å². The van der Waals surface area contributed by atoms with Crippen LogP contribution in [0.4, 0.5) is 8.78 Å². The number of carboxylic acids is 1. The fraction of sp³-hybridized carbons (Fsp3) is 0.269. The maximum absolute atomic E-state index is 13.1. The Morgan fingerprint density at radius 2 is 0.944 bits per heavy atom. The van der Waals surface area contributed by atoms with Gasteiger partial charge in [0.1, 0.15) is 64.3 Å². The number of carbonyl (C=O) groups is 4. The Morgan fingerprint density at radius 3 is 1.27 bits per heavy atom. The summed E-state index contributed by atoms with van der Waals surface area (Å²) >= 11 is 0. The second-order valence-electron chi connectivity index (χ2n) is 16.9. The molecule has 0 fully saturated rings. The molecule has 0 aliphatic heterocycles. The third kappa shape index (κ3) is 18.0. The van der Waals surface area contributed by atoms with Crippen molar-refractivity contribution in [1.82, 2.24) is 15.3 Å². The number of carboxylic acid groups (broad SMARTS) is 1. The number of primary amides is 2. The molecule has 0 bridgehead atoms. The van der Waals surface area contributed by atoms with E-state index in [1.165, 1.54) is 66.7 Å². The van der Waals surface area contributed by atoms with Crippen LogP contribution >= 0.6 is 0 Å². The number of aromatic carboxylic acids is 1. The van der Waals surface area contributed by atoms with Crippen molar-refractivity contribution >= 4 is 23.7 Å². The Labute approximate surface area is 408 Å². The molecule has 12 N–H and O–H groups in total. The van der Waals surface area contributed by atoms with Crippen LogP contribution in [0, 0.1) is 23.5 Å². The van der Waals surface area contributed by atoms with Gasteiger partial charge in [0.2, 0.25) is 11.8 Å². The molecule has 0 radical (unpaired) electrons. The summed E-state index contributed by atoms with van der Waals surface area (Å²) in [4.78, 5) is 54.7. The molecular weight excluding hydrogens is 923 g/mol. The van der Waals surface area contributed by atoms with Crippen LogP contribution in [0.1, 0.15) is 84.8 Å². The van der Waals surface area contributed by atoms with Gasteiger partial charge in [-0.3, -0.25) is 14.4 Å². The maximum atomic E-state index is 13.1. The SMILES string of the molecule is CC(C)C[C@H](N)C(N)=O.CC(C)C[C@H](NC(=O)c1cc([C@H](O)CO)cc(-c2ccc(Oc3ccc(F)cc3)cc2)n1)C(N)=O.O=C(O)c1cc([C@H](O)CO)cc(-c2ccc(Oc3ccc(F)cc3)cc2)n1. The number of halogens is 2. The Balaban J connectivity index is 0.000000269. The summed E-state index contributed by atoms with van der Waals surface area (Å²) in [5.74, 6) is -1.14. The van der Waals surface area contributed by atoms with Crippen molar-refractivity contribution in [3.63, 3.8) is 0 Å². The number of nitrogens with one attached hydrogen (secondary N) is 1. The van der Waals surface area contributed by atoms with Gasteiger partial charge in [-0.25, -0.2) is 23.5 Å². The molecule has 4 atom stereocenters. The zero-order valence-corrected chi connectivity index (χ0v) is 39.4. The van der Waals surface area contributed by atoms with Gasteiger partial charge in [-0.15, -0.1) is 0 Å². The van der Waals surface area contributed by atoms with Crippen LogP contribution in [0.25, 0.3) is 22.5 Å². The molecule has 3 amide bonds. The predicted octanol–water partition coefficient (Wildman–Crippen LogP) is 6.58. The number of aliphatic hydroxyl groups is 4. The Kier molecular flexibility index (Phi) is 21.2. The molecule has 19 heteroatoms. The standard InChI is InChI=1S/C26H28FN3O5.C20H16FNO5.C6H14N2O/c1-15(2)11-22(25(28)33)30-26(34)23-13-17(24(32)14-31)12-21(29-23)16-3-7-19(8-4-16)35-20-9-5-18(27)6-10-20;21-14-3-7-16(8-4-14)27-15-5-1-12(2-6-15)17-9-13(19(24)11-23)10-18(22-17)20(25)26;1-4(2)3-5(7)6(8)9/h3-10,12-13,15,22,24,31-32H,11,14H2,1-2H3,(H2,28,33)(H,30,34);1-10,19,23-24H,11H2,(H,25,26);4-5H,3,7H2,1-2H3,(H2,8,9)/t22-,24+;19-;5-/m010/s1. The van der Waals surface area contributed by atoms with Gasteiger partial charge in [0, 0.05) is 11.1 Å². The lowest BCUT2D eigenvalue weighted by atomic mass is 10.0. The van der Waals surface area contributed by atoms with Crippen molar-refractivity contribution in [2.45, 2.75) is 64.8 Å². The molecular formula is C52H58F2N6O11. The third-order valence-electron chi connectivity index (χ3n) is 10.1. The van der Waals surface area contributed by atoms with E-state index in [0.29, 0.717) is 64.3 Å². The Morgan fingerprint density at radius 1 is 0.577 bits per heavy atom. The number of pyridine rings is 2. The zero-order valence-electron chi connectivity index (χ0n) is 39.4. The number of hydrogen-bond acceptors (Lipinski definition) is 13. The minimum Gasteiger partial charge on any atom is -0.477 e. The van der Waals surface area contributed by atoms with Crippen molar-refractivity contribution in [2.75, 3.05) is 13.2 Å². The number of benzene rings is 4. The highest BCUT2D eigenvalue weighted by Crippen LogP contribution is 2.29. The fourth-order valence-electron chi connectivity index (χ4n) is 6.46. The summed E-state index contributed by atoms with van der Waals surface area (Å²) in [6.07, 6.45) is -1.39. The Bertz CT molecular complexity index is 2690. The summed E-state index contributed by atoms with van der Waals surface area (Å²) in [5.41, 5.74) is 17.9.